The lowest BCUT2D eigenvalue weighted by Gasteiger charge is -2.19. The topological polar surface area (TPSA) is 101 Å². The minimum atomic E-state index is -1.27. The van der Waals surface area contributed by atoms with E-state index in [0.29, 0.717) is 41.1 Å². The molecule has 2 aliphatic rings. The zero-order valence-electron chi connectivity index (χ0n) is 23.1. The molecule has 2 unspecified atom stereocenters. The summed E-state index contributed by atoms with van der Waals surface area (Å²) >= 11 is 10.2. The maximum Gasteiger partial charge on any atom is 0.301 e. The largest absolute Gasteiger partial charge is 0.456 e. The normalized spacial score (nSPS) is 22.4. The predicted octanol–water partition coefficient (Wildman–Crippen LogP) is 5.79. The van der Waals surface area contributed by atoms with Crippen molar-refractivity contribution in [2.24, 2.45) is 0 Å². The molecule has 0 aliphatic carbocycles. The number of halogens is 2. The molecule has 5 heterocycles. The van der Waals surface area contributed by atoms with Crippen molar-refractivity contribution in [3.63, 3.8) is 0 Å². The Hall–Kier alpha value is -2.38. The van der Waals surface area contributed by atoms with E-state index in [-0.39, 0.29) is 19.4 Å². The second-order valence-corrected chi connectivity index (χ2v) is 18.4. The van der Waals surface area contributed by atoms with E-state index in [0.717, 1.165) is 27.3 Å². The van der Waals surface area contributed by atoms with Gasteiger partial charge in [0, 0.05) is 26.4 Å². The highest BCUT2D eigenvalue weighted by Gasteiger charge is 2.49. The van der Waals surface area contributed by atoms with Crippen molar-refractivity contribution in [1.29, 1.82) is 0 Å². The lowest BCUT2D eigenvalue weighted by Crippen LogP contribution is -2.35. The molecule has 9 nitrogen and oxygen atoms in total. The van der Waals surface area contributed by atoms with E-state index in [1.54, 1.807) is 6.20 Å². The lowest BCUT2D eigenvalue weighted by molar-refractivity contribution is 0.00336. The Labute approximate surface area is 252 Å². The summed E-state index contributed by atoms with van der Waals surface area (Å²) in [6.07, 6.45) is -0.0680. The molecule has 41 heavy (non-hydrogen) atoms. The Morgan fingerprint density at radius 1 is 1.02 bits per heavy atom. The number of rotatable bonds is 9. The van der Waals surface area contributed by atoms with Gasteiger partial charge in [-0.2, -0.15) is 4.98 Å². The summed E-state index contributed by atoms with van der Waals surface area (Å²) in [7, 11) is -1.27. The van der Waals surface area contributed by atoms with Gasteiger partial charge in [0.15, 0.2) is 11.8 Å². The van der Waals surface area contributed by atoms with E-state index in [1.165, 1.54) is 0 Å². The van der Waals surface area contributed by atoms with E-state index in [2.05, 4.69) is 40.6 Å². The van der Waals surface area contributed by atoms with E-state index < -0.39 is 26.4 Å². The van der Waals surface area contributed by atoms with Crippen LogP contribution in [0.4, 0.5) is 0 Å². The molecule has 2 fully saturated rings. The highest BCUT2D eigenvalue weighted by molar-refractivity contribution is 9.10. The van der Waals surface area contributed by atoms with Crippen molar-refractivity contribution in [1.82, 2.24) is 19.5 Å². The van der Waals surface area contributed by atoms with Crippen LogP contribution in [-0.2, 0) is 20.9 Å². The molecule has 3 aromatic heterocycles. The zero-order chi connectivity index (χ0) is 28.7. The first-order valence-corrected chi connectivity index (χ1v) is 18.5. The highest BCUT2D eigenvalue weighted by Crippen LogP contribution is 2.35. The van der Waals surface area contributed by atoms with Crippen molar-refractivity contribution in [2.45, 2.75) is 56.8 Å². The van der Waals surface area contributed by atoms with E-state index in [1.807, 2.05) is 47.0 Å². The molecule has 0 spiro atoms. The van der Waals surface area contributed by atoms with Crippen LogP contribution < -0.4 is 4.74 Å². The molecule has 1 N–H and O–H groups in total. The summed E-state index contributed by atoms with van der Waals surface area (Å²) in [6, 6.07) is 15.2. The van der Waals surface area contributed by atoms with Crippen molar-refractivity contribution in [2.75, 3.05) is 19.8 Å². The number of ether oxygens (including phenoxy) is 4. The van der Waals surface area contributed by atoms with Gasteiger partial charge in [-0.3, -0.25) is 4.57 Å². The molecule has 6 rings (SSSR count). The van der Waals surface area contributed by atoms with Crippen LogP contribution in [0.2, 0.25) is 30.7 Å². The summed E-state index contributed by atoms with van der Waals surface area (Å²) in [5.41, 5.74) is 4.84. The van der Waals surface area contributed by atoms with Gasteiger partial charge in [-0.05, 0) is 51.3 Å². The number of aliphatic hydroxyl groups is 1. The van der Waals surface area contributed by atoms with Crippen molar-refractivity contribution in [3.05, 3.63) is 58.3 Å². The number of pyridine rings is 2. The number of benzene rings is 1. The van der Waals surface area contributed by atoms with Crippen molar-refractivity contribution < 1.29 is 24.1 Å². The smallest absolute Gasteiger partial charge is 0.301 e. The Bertz CT molecular complexity index is 1550. The SMILES string of the molecule is C[Si](C)(C)CCOCn1c(OC2COC3[C@@H]2OC[C@H]3O)nc2cc(Cl)c(-c3ccc(-c4ccnc(Br)c4)cc3)nc21. The predicted molar refractivity (Wildman–Crippen MR) is 163 cm³/mol. The van der Waals surface area contributed by atoms with Gasteiger partial charge in [0.25, 0.3) is 0 Å². The zero-order valence-corrected chi connectivity index (χ0v) is 26.4. The Balaban J connectivity index is 1.32. The molecular weight excluding hydrogens is 628 g/mol. The van der Waals surface area contributed by atoms with Crippen molar-refractivity contribution in [3.8, 4) is 28.4 Å². The van der Waals surface area contributed by atoms with Crippen LogP contribution in [0, 0.1) is 0 Å². The van der Waals surface area contributed by atoms with Gasteiger partial charge in [0.05, 0.1) is 23.9 Å². The second-order valence-electron chi connectivity index (χ2n) is 11.6. The first kappa shape index (κ1) is 28.7. The molecule has 1 aromatic carbocycles. The minimum Gasteiger partial charge on any atom is -0.456 e. The Kier molecular flexibility index (Phi) is 8.21. The fraction of sp³-hybridized carbons (Fsp3) is 0.414. The van der Waals surface area contributed by atoms with Gasteiger partial charge in [-0.25, -0.2) is 9.97 Å². The average molecular weight is 660 g/mol. The summed E-state index contributed by atoms with van der Waals surface area (Å²) in [6.45, 7) is 8.34. The monoisotopic (exact) mass is 658 g/mol. The van der Waals surface area contributed by atoms with Crippen LogP contribution in [0.15, 0.2) is 53.3 Å². The maximum atomic E-state index is 10.2. The van der Waals surface area contributed by atoms with Gasteiger partial charge in [-0.15, -0.1) is 0 Å². The minimum absolute atomic E-state index is 0.225. The van der Waals surface area contributed by atoms with E-state index in [9.17, 15) is 5.11 Å². The summed E-state index contributed by atoms with van der Waals surface area (Å²) in [5, 5.41) is 10.6. The number of aliphatic hydroxyl groups excluding tert-OH is 1. The molecule has 12 heteroatoms. The van der Waals surface area contributed by atoms with Gasteiger partial charge in [0.2, 0.25) is 0 Å². The van der Waals surface area contributed by atoms with Crippen LogP contribution in [0.1, 0.15) is 0 Å². The van der Waals surface area contributed by atoms with E-state index >= 15 is 0 Å². The fourth-order valence-electron chi connectivity index (χ4n) is 5.03. The average Bonchev–Trinajstić information content (AvgIpc) is 3.61. The van der Waals surface area contributed by atoms with Crippen LogP contribution in [-0.4, -0.2) is 76.9 Å². The molecule has 0 bridgehead atoms. The van der Waals surface area contributed by atoms with Gasteiger partial charge < -0.3 is 24.1 Å². The van der Waals surface area contributed by atoms with Gasteiger partial charge >= 0.3 is 6.01 Å². The molecule has 4 aromatic rings. The molecule has 4 atom stereocenters. The van der Waals surface area contributed by atoms with Gasteiger partial charge in [-0.1, -0.05) is 55.5 Å². The molecule has 2 aliphatic heterocycles. The van der Waals surface area contributed by atoms with Crippen LogP contribution >= 0.6 is 27.5 Å². The number of imidazole rings is 1. The Morgan fingerprint density at radius 2 is 1.78 bits per heavy atom. The quantitative estimate of drug-likeness (QED) is 0.137. The molecule has 2 saturated heterocycles. The number of hydrogen-bond donors (Lipinski definition) is 1. The van der Waals surface area contributed by atoms with Gasteiger partial charge in [0.1, 0.15) is 35.2 Å². The van der Waals surface area contributed by atoms with Crippen LogP contribution in [0.3, 0.4) is 0 Å². The molecular formula is C29H32BrClN4O5Si. The second kappa shape index (κ2) is 11.7. The number of hydrogen-bond acceptors (Lipinski definition) is 8. The van der Waals surface area contributed by atoms with E-state index in [4.69, 9.17) is 40.5 Å². The summed E-state index contributed by atoms with van der Waals surface area (Å²) < 4.78 is 26.6. The first-order valence-electron chi connectivity index (χ1n) is 13.6. The molecule has 216 valence electrons. The van der Waals surface area contributed by atoms with Crippen LogP contribution in [0.25, 0.3) is 33.5 Å². The van der Waals surface area contributed by atoms with Crippen LogP contribution in [0.5, 0.6) is 6.01 Å². The van der Waals surface area contributed by atoms with Crippen molar-refractivity contribution >= 4 is 46.8 Å². The third-order valence-electron chi connectivity index (χ3n) is 7.31. The number of aromatic nitrogens is 4. The highest BCUT2D eigenvalue weighted by atomic mass is 79.9. The lowest BCUT2D eigenvalue weighted by atomic mass is 10.0. The maximum absolute atomic E-state index is 10.2. The Morgan fingerprint density at radius 3 is 2.54 bits per heavy atom. The number of nitrogens with zero attached hydrogens (tertiary/aromatic N) is 4. The molecule has 0 radical (unpaired) electrons. The summed E-state index contributed by atoms with van der Waals surface area (Å²) in [4.78, 5) is 13.9. The fourth-order valence-corrected chi connectivity index (χ4v) is 6.41. The summed E-state index contributed by atoms with van der Waals surface area (Å²) in [5.74, 6) is 0. The molecule has 0 saturated carbocycles. The first-order chi connectivity index (χ1) is 19.7. The number of fused-ring (bicyclic) bond motifs is 2. The standard InChI is InChI=1S/C29H32BrClN4O5Si/c1-41(2,3)11-10-37-16-35-28-21(33-29(35)40-23-15-39-26-22(36)14-38-27(23)26)13-20(31)25(34-28)18-6-4-17(5-7-18)19-8-9-32-24(30)12-19/h4-9,12-13,22-23,26-27,36H,10-11,14-16H2,1-3H3/t22-,23?,26?,27-/m1/s1. The third-order valence-corrected chi connectivity index (χ3v) is 9.74. The third kappa shape index (κ3) is 6.22. The molecule has 0 amide bonds.